The van der Waals surface area contributed by atoms with E-state index in [0.29, 0.717) is 6.54 Å². The molecule has 0 N–H and O–H groups in total. The summed E-state index contributed by atoms with van der Waals surface area (Å²) in [6.45, 7) is 3.42. The van der Waals surface area contributed by atoms with Crippen molar-refractivity contribution in [3.63, 3.8) is 0 Å². The van der Waals surface area contributed by atoms with Gasteiger partial charge in [0.05, 0.1) is 6.54 Å². The minimum Gasteiger partial charge on any atom is -0.302 e. The van der Waals surface area contributed by atoms with Gasteiger partial charge in [0.25, 0.3) is 0 Å². The average molecular weight is 177 g/mol. The second-order valence-electron chi connectivity index (χ2n) is 3.29. The molecule has 0 unspecified atom stereocenters. The normalized spacial score (nSPS) is 10.4. The maximum absolute atomic E-state index is 10.2. The number of rotatable bonds is 4. The van der Waals surface area contributed by atoms with Gasteiger partial charge in [0, 0.05) is 6.54 Å². The minimum atomic E-state index is 0.494. The molecule has 13 heavy (non-hydrogen) atoms. The molecule has 0 saturated carbocycles. The fraction of sp³-hybridized carbons (Fsp3) is 0.364. The summed E-state index contributed by atoms with van der Waals surface area (Å²) >= 11 is 0. The smallest absolute Gasteiger partial charge is 0.133 e. The minimum absolute atomic E-state index is 0.494. The lowest BCUT2D eigenvalue weighted by Gasteiger charge is -2.14. The van der Waals surface area contributed by atoms with Crippen molar-refractivity contribution in [1.29, 1.82) is 0 Å². The lowest BCUT2D eigenvalue weighted by Crippen LogP contribution is -2.20. The molecule has 0 spiro atoms. The van der Waals surface area contributed by atoms with Gasteiger partial charge in [-0.05, 0) is 25.1 Å². The van der Waals surface area contributed by atoms with Gasteiger partial charge in [-0.1, -0.05) is 24.3 Å². The van der Waals surface area contributed by atoms with Crippen LogP contribution < -0.4 is 0 Å². The van der Waals surface area contributed by atoms with E-state index in [4.69, 9.17) is 0 Å². The molecule has 0 aromatic heterocycles. The van der Waals surface area contributed by atoms with Gasteiger partial charge in [-0.3, -0.25) is 4.90 Å². The van der Waals surface area contributed by atoms with Crippen LogP contribution in [-0.4, -0.2) is 24.8 Å². The molecule has 0 amide bonds. The molecule has 0 aliphatic heterocycles. The fourth-order valence-electron chi connectivity index (χ4n) is 1.27. The van der Waals surface area contributed by atoms with Crippen molar-refractivity contribution in [2.45, 2.75) is 13.5 Å². The highest BCUT2D eigenvalue weighted by Crippen LogP contribution is 2.08. The number of benzene rings is 1. The number of likely N-dealkylation sites (N-methyl/N-ethyl adjacent to an activating group) is 1. The predicted molar refractivity (Wildman–Crippen MR) is 53.6 cm³/mol. The van der Waals surface area contributed by atoms with Crippen LogP contribution in [0.5, 0.6) is 0 Å². The SMILES string of the molecule is Cc1ccccc1CN(C)CC=O. The highest BCUT2D eigenvalue weighted by atomic mass is 16.1. The zero-order valence-electron chi connectivity index (χ0n) is 8.16. The molecule has 0 aliphatic rings. The Labute approximate surface area is 79.2 Å². The summed E-state index contributed by atoms with van der Waals surface area (Å²) in [5.74, 6) is 0. The number of carbonyl (C=O) groups excluding carboxylic acids is 1. The van der Waals surface area contributed by atoms with Gasteiger partial charge in [-0.25, -0.2) is 0 Å². The standard InChI is InChI=1S/C11H15NO/c1-10-5-3-4-6-11(10)9-12(2)7-8-13/h3-6,8H,7,9H2,1-2H3. The van der Waals surface area contributed by atoms with Gasteiger partial charge in [-0.2, -0.15) is 0 Å². The van der Waals surface area contributed by atoms with E-state index >= 15 is 0 Å². The zero-order valence-corrected chi connectivity index (χ0v) is 8.16. The van der Waals surface area contributed by atoms with Crippen molar-refractivity contribution in [3.05, 3.63) is 35.4 Å². The maximum atomic E-state index is 10.2. The molecule has 0 bridgehead atoms. The topological polar surface area (TPSA) is 20.3 Å². The molecule has 0 saturated heterocycles. The van der Waals surface area contributed by atoms with Crippen molar-refractivity contribution >= 4 is 6.29 Å². The van der Waals surface area contributed by atoms with Crippen LogP contribution in [0, 0.1) is 6.92 Å². The first-order valence-corrected chi connectivity index (χ1v) is 4.40. The highest BCUT2D eigenvalue weighted by Gasteiger charge is 2.00. The van der Waals surface area contributed by atoms with Crippen LogP contribution in [0.4, 0.5) is 0 Å². The molecule has 1 aromatic rings. The molecule has 2 nitrogen and oxygen atoms in total. The lowest BCUT2D eigenvalue weighted by atomic mass is 10.1. The fourth-order valence-corrected chi connectivity index (χ4v) is 1.27. The first-order chi connectivity index (χ1) is 6.24. The first-order valence-electron chi connectivity index (χ1n) is 4.40. The molecule has 0 aliphatic carbocycles. The molecule has 0 heterocycles. The molecular formula is C11H15NO. The lowest BCUT2D eigenvalue weighted by molar-refractivity contribution is -0.108. The van der Waals surface area contributed by atoms with Crippen LogP contribution in [0.25, 0.3) is 0 Å². The Morgan fingerprint density at radius 3 is 2.69 bits per heavy atom. The number of aryl methyl sites for hydroxylation is 1. The Kier molecular flexibility index (Phi) is 3.65. The van der Waals surface area contributed by atoms with Crippen molar-refractivity contribution in [2.75, 3.05) is 13.6 Å². The molecular weight excluding hydrogens is 162 g/mol. The number of hydrogen-bond acceptors (Lipinski definition) is 2. The molecule has 1 rings (SSSR count). The Morgan fingerprint density at radius 1 is 1.38 bits per heavy atom. The Bertz CT molecular complexity index is 283. The van der Waals surface area contributed by atoms with Gasteiger partial charge in [0.15, 0.2) is 0 Å². The summed E-state index contributed by atoms with van der Waals surface area (Å²) in [6.07, 6.45) is 0.929. The summed E-state index contributed by atoms with van der Waals surface area (Å²) in [6, 6.07) is 8.23. The van der Waals surface area contributed by atoms with E-state index in [1.165, 1.54) is 11.1 Å². The molecule has 0 radical (unpaired) electrons. The Hall–Kier alpha value is -1.15. The highest BCUT2D eigenvalue weighted by molar-refractivity contribution is 5.51. The van der Waals surface area contributed by atoms with E-state index in [2.05, 4.69) is 19.1 Å². The third-order valence-electron chi connectivity index (χ3n) is 2.09. The average Bonchev–Trinajstić information content (AvgIpc) is 2.09. The third-order valence-corrected chi connectivity index (χ3v) is 2.09. The van der Waals surface area contributed by atoms with E-state index in [9.17, 15) is 4.79 Å². The van der Waals surface area contributed by atoms with Crippen molar-refractivity contribution in [2.24, 2.45) is 0 Å². The third kappa shape index (κ3) is 2.99. The Morgan fingerprint density at radius 2 is 2.08 bits per heavy atom. The van der Waals surface area contributed by atoms with Crippen LogP contribution in [0.1, 0.15) is 11.1 Å². The number of nitrogens with zero attached hydrogens (tertiary/aromatic N) is 1. The van der Waals surface area contributed by atoms with E-state index in [1.54, 1.807) is 0 Å². The van der Waals surface area contributed by atoms with Gasteiger partial charge in [0.2, 0.25) is 0 Å². The molecule has 2 heteroatoms. The first kappa shape index (κ1) is 9.93. The molecule has 0 fully saturated rings. The summed E-state index contributed by atoms with van der Waals surface area (Å²) in [5, 5.41) is 0. The van der Waals surface area contributed by atoms with Crippen LogP contribution in [-0.2, 0) is 11.3 Å². The quantitative estimate of drug-likeness (QED) is 0.651. The van der Waals surface area contributed by atoms with E-state index in [-0.39, 0.29) is 0 Å². The van der Waals surface area contributed by atoms with Gasteiger partial charge >= 0.3 is 0 Å². The van der Waals surface area contributed by atoms with Crippen LogP contribution in [0.15, 0.2) is 24.3 Å². The van der Waals surface area contributed by atoms with E-state index in [0.717, 1.165) is 12.8 Å². The van der Waals surface area contributed by atoms with Crippen molar-refractivity contribution in [1.82, 2.24) is 4.90 Å². The molecule has 1 aromatic carbocycles. The summed E-state index contributed by atoms with van der Waals surface area (Å²) in [7, 11) is 1.95. The number of aldehydes is 1. The monoisotopic (exact) mass is 177 g/mol. The maximum Gasteiger partial charge on any atom is 0.133 e. The van der Waals surface area contributed by atoms with Crippen LogP contribution in [0.3, 0.4) is 0 Å². The Balaban J connectivity index is 2.63. The van der Waals surface area contributed by atoms with Crippen LogP contribution in [0.2, 0.25) is 0 Å². The predicted octanol–water partition coefficient (Wildman–Crippen LogP) is 1.63. The molecule has 0 atom stereocenters. The van der Waals surface area contributed by atoms with Gasteiger partial charge < -0.3 is 4.79 Å². The summed E-state index contributed by atoms with van der Waals surface area (Å²) < 4.78 is 0. The van der Waals surface area contributed by atoms with Gasteiger partial charge in [-0.15, -0.1) is 0 Å². The van der Waals surface area contributed by atoms with Crippen molar-refractivity contribution < 1.29 is 4.79 Å². The second kappa shape index (κ2) is 4.77. The van der Waals surface area contributed by atoms with Crippen LogP contribution >= 0.6 is 0 Å². The van der Waals surface area contributed by atoms with Gasteiger partial charge in [0.1, 0.15) is 6.29 Å². The number of hydrogen-bond donors (Lipinski definition) is 0. The zero-order chi connectivity index (χ0) is 9.68. The second-order valence-corrected chi connectivity index (χ2v) is 3.29. The number of carbonyl (C=O) groups is 1. The summed E-state index contributed by atoms with van der Waals surface area (Å²) in [4.78, 5) is 12.2. The summed E-state index contributed by atoms with van der Waals surface area (Å²) in [5.41, 5.74) is 2.56. The molecule has 70 valence electrons. The largest absolute Gasteiger partial charge is 0.302 e. The van der Waals surface area contributed by atoms with E-state index < -0.39 is 0 Å². The van der Waals surface area contributed by atoms with Crippen molar-refractivity contribution in [3.8, 4) is 0 Å². The van der Waals surface area contributed by atoms with E-state index in [1.807, 2.05) is 24.1 Å².